The standard InChI is InChI=1S/C10H16F3NO/c1-7(2)8-4-3-5-14(6-8)9(15)10(11,12)13/h7-8H,3-6H2,1-2H3. The van der Waals surface area contributed by atoms with Gasteiger partial charge in [-0.3, -0.25) is 4.79 Å². The molecule has 1 atom stereocenters. The number of carbonyl (C=O) groups is 1. The number of likely N-dealkylation sites (tertiary alicyclic amines) is 1. The Kier molecular flexibility index (Phi) is 3.62. The van der Waals surface area contributed by atoms with Crippen molar-refractivity contribution in [2.45, 2.75) is 32.9 Å². The summed E-state index contributed by atoms with van der Waals surface area (Å²) in [4.78, 5) is 11.9. The fourth-order valence-electron chi connectivity index (χ4n) is 1.92. The Morgan fingerprint density at radius 3 is 2.47 bits per heavy atom. The van der Waals surface area contributed by atoms with E-state index in [9.17, 15) is 18.0 Å². The summed E-state index contributed by atoms with van der Waals surface area (Å²) in [6, 6.07) is 0. The minimum Gasteiger partial charge on any atom is -0.335 e. The van der Waals surface area contributed by atoms with E-state index in [-0.39, 0.29) is 19.0 Å². The van der Waals surface area contributed by atoms with E-state index in [1.807, 2.05) is 13.8 Å². The first-order chi connectivity index (χ1) is 6.82. The average Bonchev–Trinajstić information content (AvgIpc) is 2.15. The summed E-state index contributed by atoms with van der Waals surface area (Å²) in [7, 11) is 0. The van der Waals surface area contributed by atoms with Crippen LogP contribution in [0.4, 0.5) is 13.2 Å². The van der Waals surface area contributed by atoms with E-state index in [4.69, 9.17) is 0 Å². The van der Waals surface area contributed by atoms with Gasteiger partial charge in [-0.15, -0.1) is 0 Å². The van der Waals surface area contributed by atoms with Gasteiger partial charge in [0.1, 0.15) is 0 Å². The van der Waals surface area contributed by atoms with E-state index in [2.05, 4.69) is 0 Å². The molecule has 15 heavy (non-hydrogen) atoms. The molecule has 1 heterocycles. The van der Waals surface area contributed by atoms with Crippen LogP contribution in [-0.2, 0) is 4.79 Å². The lowest BCUT2D eigenvalue weighted by Crippen LogP contribution is -2.47. The zero-order valence-electron chi connectivity index (χ0n) is 8.97. The van der Waals surface area contributed by atoms with Crippen molar-refractivity contribution < 1.29 is 18.0 Å². The van der Waals surface area contributed by atoms with Crippen molar-refractivity contribution in [2.24, 2.45) is 11.8 Å². The molecule has 0 aromatic rings. The van der Waals surface area contributed by atoms with Gasteiger partial charge in [0, 0.05) is 13.1 Å². The number of amides is 1. The second kappa shape index (κ2) is 4.41. The molecular formula is C10H16F3NO. The zero-order valence-corrected chi connectivity index (χ0v) is 8.97. The molecule has 1 amide bonds. The van der Waals surface area contributed by atoms with Crippen molar-refractivity contribution >= 4 is 5.91 Å². The van der Waals surface area contributed by atoms with Crippen molar-refractivity contribution in [3.63, 3.8) is 0 Å². The van der Waals surface area contributed by atoms with Crippen LogP contribution in [0.25, 0.3) is 0 Å². The summed E-state index contributed by atoms with van der Waals surface area (Å²) in [6.45, 7) is 4.44. The smallest absolute Gasteiger partial charge is 0.335 e. The van der Waals surface area contributed by atoms with Gasteiger partial charge in [0.15, 0.2) is 0 Å². The highest BCUT2D eigenvalue weighted by Gasteiger charge is 2.43. The van der Waals surface area contributed by atoms with Crippen LogP contribution < -0.4 is 0 Å². The molecule has 0 saturated carbocycles. The number of carbonyl (C=O) groups excluding carboxylic acids is 1. The number of rotatable bonds is 1. The van der Waals surface area contributed by atoms with Crippen LogP contribution in [0.3, 0.4) is 0 Å². The van der Waals surface area contributed by atoms with Crippen LogP contribution in [0.1, 0.15) is 26.7 Å². The summed E-state index contributed by atoms with van der Waals surface area (Å²) < 4.78 is 36.5. The fraction of sp³-hybridized carbons (Fsp3) is 0.900. The first kappa shape index (κ1) is 12.3. The van der Waals surface area contributed by atoms with Gasteiger partial charge >= 0.3 is 12.1 Å². The number of halogens is 3. The lowest BCUT2D eigenvalue weighted by atomic mass is 9.88. The van der Waals surface area contributed by atoms with E-state index in [0.29, 0.717) is 12.3 Å². The summed E-state index contributed by atoms with van der Waals surface area (Å²) in [5.74, 6) is -1.16. The SMILES string of the molecule is CC(C)C1CCCN(C(=O)C(F)(F)F)C1. The number of nitrogens with zero attached hydrogens (tertiary/aromatic N) is 1. The van der Waals surface area contributed by atoms with E-state index in [1.165, 1.54) is 0 Å². The normalized spacial score (nSPS) is 23.3. The Morgan fingerprint density at radius 2 is 2.00 bits per heavy atom. The maximum absolute atomic E-state index is 12.2. The Labute approximate surface area is 87.4 Å². The first-order valence-corrected chi connectivity index (χ1v) is 5.18. The van der Waals surface area contributed by atoms with E-state index in [0.717, 1.165) is 11.3 Å². The van der Waals surface area contributed by atoms with Crippen LogP contribution in [0.2, 0.25) is 0 Å². The molecule has 1 aliphatic heterocycles. The van der Waals surface area contributed by atoms with Crippen LogP contribution in [0.15, 0.2) is 0 Å². The summed E-state index contributed by atoms with van der Waals surface area (Å²) in [5.41, 5.74) is 0. The summed E-state index contributed by atoms with van der Waals surface area (Å²) in [5, 5.41) is 0. The Hall–Kier alpha value is -0.740. The molecule has 0 radical (unpaired) electrons. The average molecular weight is 223 g/mol. The number of alkyl halides is 3. The van der Waals surface area contributed by atoms with Crippen molar-refractivity contribution in [3.8, 4) is 0 Å². The first-order valence-electron chi connectivity index (χ1n) is 5.18. The molecule has 5 heteroatoms. The second-order valence-corrected chi connectivity index (χ2v) is 4.40. The summed E-state index contributed by atoms with van der Waals surface area (Å²) in [6.07, 6.45) is -3.14. The van der Waals surface area contributed by atoms with Crippen LogP contribution in [0, 0.1) is 11.8 Å². The summed E-state index contributed by atoms with van der Waals surface area (Å²) >= 11 is 0. The fourth-order valence-corrected chi connectivity index (χ4v) is 1.92. The molecular weight excluding hydrogens is 207 g/mol. The third-order valence-corrected chi connectivity index (χ3v) is 2.93. The Bertz CT molecular complexity index is 237. The highest BCUT2D eigenvalue weighted by atomic mass is 19.4. The third-order valence-electron chi connectivity index (χ3n) is 2.93. The third kappa shape index (κ3) is 3.11. The largest absolute Gasteiger partial charge is 0.471 e. The van der Waals surface area contributed by atoms with Gasteiger partial charge in [0.25, 0.3) is 0 Å². The molecule has 2 nitrogen and oxygen atoms in total. The topological polar surface area (TPSA) is 20.3 Å². The number of hydrogen-bond donors (Lipinski definition) is 0. The molecule has 1 saturated heterocycles. The monoisotopic (exact) mass is 223 g/mol. The Balaban J connectivity index is 2.60. The molecule has 1 fully saturated rings. The van der Waals surface area contributed by atoms with E-state index >= 15 is 0 Å². The second-order valence-electron chi connectivity index (χ2n) is 4.40. The van der Waals surface area contributed by atoms with Crippen molar-refractivity contribution in [2.75, 3.05) is 13.1 Å². The number of hydrogen-bond acceptors (Lipinski definition) is 1. The van der Waals surface area contributed by atoms with E-state index < -0.39 is 12.1 Å². The Morgan fingerprint density at radius 1 is 1.40 bits per heavy atom. The van der Waals surface area contributed by atoms with Gasteiger partial charge in [-0.25, -0.2) is 0 Å². The van der Waals surface area contributed by atoms with Gasteiger partial charge in [0.05, 0.1) is 0 Å². The minimum atomic E-state index is -4.72. The van der Waals surface area contributed by atoms with Crippen LogP contribution >= 0.6 is 0 Å². The molecule has 1 aliphatic rings. The van der Waals surface area contributed by atoms with Crippen molar-refractivity contribution in [1.82, 2.24) is 4.90 Å². The van der Waals surface area contributed by atoms with Gasteiger partial charge in [-0.2, -0.15) is 13.2 Å². The molecule has 0 aromatic carbocycles. The molecule has 88 valence electrons. The predicted molar refractivity (Wildman–Crippen MR) is 50.2 cm³/mol. The quantitative estimate of drug-likeness (QED) is 0.668. The van der Waals surface area contributed by atoms with Crippen LogP contribution in [0.5, 0.6) is 0 Å². The van der Waals surface area contributed by atoms with Crippen molar-refractivity contribution in [1.29, 1.82) is 0 Å². The highest BCUT2D eigenvalue weighted by molar-refractivity contribution is 5.81. The predicted octanol–water partition coefficient (Wildman–Crippen LogP) is 2.44. The lowest BCUT2D eigenvalue weighted by molar-refractivity contribution is -0.187. The highest BCUT2D eigenvalue weighted by Crippen LogP contribution is 2.27. The van der Waals surface area contributed by atoms with Gasteiger partial charge < -0.3 is 4.90 Å². The van der Waals surface area contributed by atoms with Gasteiger partial charge in [0.2, 0.25) is 0 Å². The van der Waals surface area contributed by atoms with Gasteiger partial charge in [-0.05, 0) is 24.7 Å². The van der Waals surface area contributed by atoms with E-state index in [1.54, 1.807) is 0 Å². The lowest BCUT2D eigenvalue weighted by Gasteiger charge is -2.35. The maximum Gasteiger partial charge on any atom is 0.471 e. The van der Waals surface area contributed by atoms with Crippen LogP contribution in [-0.4, -0.2) is 30.1 Å². The molecule has 0 spiro atoms. The zero-order chi connectivity index (χ0) is 11.6. The molecule has 1 rings (SSSR count). The molecule has 0 aromatic heterocycles. The molecule has 0 bridgehead atoms. The number of piperidine rings is 1. The molecule has 1 unspecified atom stereocenters. The molecule has 0 N–H and O–H groups in total. The maximum atomic E-state index is 12.2. The minimum absolute atomic E-state index is 0.199. The van der Waals surface area contributed by atoms with Crippen molar-refractivity contribution in [3.05, 3.63) is 0 Å². The van der Waals surface area contributed by atoms with Gasteiger partial charge in [-0.1, -0.05) is 13.8 Å². The molecule has 0 aliphatic carbocycles.